The maximum Gasteiger partial charge on any atom is 0.129 e. The van der Waals surface area contributed by atoms with Gasteiger partial charge in [-0.05, 0) is 37.7 Å². The standard InChI is InChI=1S/C14H19ClN2O/c15-12-8-16-14(7-11(12)9-18)17-6-2-4-10-3-1-5-13(10)17/h7-8,10,13,18H,1-6,9H2. The molecule has 2 heterocycles. The fraction of sp³-hybridized carbons (Fsp3) is 0.643. The Kier molecular flexibility index (Phi) is 3.44. The Bertz CT molecular complexity index is 438. The molecule has 0 spiro atoms. The SMILES string of the molecule is OCc1cc(N2CCCC3CCCC32)ncc1Cl. The Morgan fingerprint density at radius 3 is 3.00 bits per heavy atom. The molecule has 1 aliphatic carbocycles. The number of fused-ring (bicyclic) bond motifs is 1. The van der Waals surface area contributed by atoms with Gasteiger partial charge in [0.15, 0.2) is 0 Å². The quantitative estimate of drug-likeness (QED) is 0.894. The third kappa shape index (κ3) is 2.10. The fourth-order valence-electron chi connectivity index (χ4n) is 3.48. The van der Waals surface area contributed by atoms with Gasteiger partial charge in [0, 0.05) is 24.3 Å². The molecule has 0 aromatic carbocycles. The topological polar surface area (TPSA) is 36.4 Å². The number of hydrogen-bond acceptors (Lipinski definition) is 3. The van der Waals surface area contributed by atoms with Crippen molar-refractivity contribution >= 4 is 17.4 Å². The molecule has 18 heavy (non-hydrogen) atoms. The van der Waals surface area contributed by atoms with E-state index in [0.29, 0.717) is 11.1 Å². The number of hydrogen-bond donors (Lipinski definition) is 1. The maximum absolute atomic E-state index is 9.30. The molecule has 0 bridgehead atoms. The van der Waals surface area contributed by atoms with E-state index in [4.69, 9.17) is 11.6 Å². The number of halogens is 1. The Morgan fingerprint density at radius 1 is 1.33 bits per heavy atom. The molecule has 1 saturated carbocycles. The largest absolute Gasteiger partial charge is 0.392 e. The second-order valence-electron chi connectivity index (χ2n) is 5.39. The van der Waals surface area contributed by atoms with E-state index in [1.165, 1.54) is 32.1 Å². The average Bonchev–Trinajstić information content (AvgIpc) is 2.87. The minimum absolute atomic E-state index is 0.0176. The van der Waals surface area contributed by atoms with E-state index in [9.17, 15) is 5.11 Å². The highest BCUT2D eigenvalue weighted by molar-refractivity contribution is 6.31. The zero-order valence-electron chi connectivity index (χ0n) is 10.5. The number of aliphatic hydroxyl groups is 1. The highest BCUT2D eigenvalue weighted by Gasteiger charge is 2.35. The predicted molar refractivity (Wildman–Crippen MR) is 72.9 cm³/mol. The summed E-state index contributed by atoms with van der Waals surface area (Å²) < 4.78 is 0. The summed E-state index contributed by atoms with van der Waals surface area (Å²) >= 11 is 6.01. The van der Waals surface area contributed by atoms with Gasteiger partial charge in [0.25, 0.3) is 0 Å². The van der Waals surface area contributed by atoms with Gasteiger partial charge in [0.2, 0.25) is 0 Å². The summed E-state index contributed by atoms with van der Waals surface area (Å²) in [7, 11) is 0. The Hall–Kier alpha value is -0.800. The molecular formula is C14H19ClN2O. The highest BCUT2D eigenvalue weighted by Crippen LogP contribution is 2.38. The second kappa shape index (κ2) is 5.06. The molecule has 2 atom stereocenters. The van der Waals surface area contributed by atoms with E-state index in [0.717, 1.165) is 23.8 Å². The number of aromatic nitrogens is 1. The van der Waals surface area contributed by atoms with Crippen molar-refractivity contribution in [1.82, 2.24) is 4.98 Å². The van der Waals surface area contributed by atoms with E-state index < -0.39 is 0 Å². The van der Waals surface area contributed by atoms with Crippen LogP contribution in [-0.4, -0.2) is 22.7 Å². The fourth-order valence-corrected chi connectivity index (χ4v) is 3.65. The van der Waals surface area contributed by atoms with Crippen molar-refractivity contribution in [2.45, 2.75) is 44.8 Å². The molecular weight excluding hydrogens is 248 g/mol. The molecule has 2 unspecified atom stereocenters. The number of rotatable bonds is 2. The lowest BCUT2D eigenvalue weighted by Crippen LogP contribution is -2.43. The molecule has 1 aromatic rings. The molecule has 2 fully saturated rings. The Balaban J connectivity index is 1.89. The van der Waals surface area contributed by atoms with E-state index in [1.54, 1.807) is 6.20 Å². The van der Waals surface area contributed by atoms with Gasteiger partial charge in [-0.3, -0.25) is 0 Å². The van der Waals surface area contributed by atoms with Gasteiger partial charge in [-0.25, -0.2) is 4.98 Å². The Morgan fingerprint density at radius 2 is 2.17 bits per heavy atom. The van der Waals surface area contributed by atoms with Crippen molar-refractivity contribution in [3.05, 3.63) is 22.8 Å². The van der Waals surface area contributed by atoms with Gasteiger partial charge in [-0.15, -0.1) is 0 Å². The smallest absolute Gasteiger partial charge is 0.129 e. The number of anilines is 1. The average molecular weight is 267 g/mol. The summed E-state index contributed by atoms with van der Waals surface area (Å²) in [6, 6.07) is 2.60. The first-order valence-corrected chi connectivity index (χ1v) is 7.19. The van der Waals surface area contributed by atoms with Gasteiger partial charge in [0.05, 0.1) is 11.6 Å². The number of pyridine rings is 1. The lowest BCUT2D eigenvalue weighted by molar-refractivity contribution is 0.281. The molecule has 3 rings (SSSR count). The third-order valence-corrected chi connectivity index (χ3v) is 4.72. The molecule has 1 aromatic heterocycles. The normalized spacial score (nSPS) is 27.3. The summed E-state index contributed by atoms with van der Waals surface area (Å²) in [5.41, 5.74) is 0.779. The van der Waals surface area contributed by atoms with E-state index >= 15 is 0 Å². The molecule has 98 valence electrons. The first-order chi connectivity index (χ1) is 8.79. The molecule has 4 heteroatoms. The van der Waals surface area contributed by atoms with E-state index in [1.807, 2.05) is 6.07 Å². The third-order valence-electron chi connectivity index (χ3n) is 4.38. The molecule has 0 amide bonds. The predicted octanol–water partition coefficient (Wildman–Crippen LogP) is 3.00. The van der Waals surface area contributed by atoms with Crippen LogP contribution in [-0.2, 0) is 6.61 Å². The number of piperidine rings is 1. The van der Waals surface area contributed by atoms with Gasteiger partial charge >= 0.3 is 0 Å². The van der Waals surface area contributed by atoms with Crippen LogP contribution in [0.25, 0.3) is 0 Å². The van der Waals surface area contributed by atoms with Crippen molar-refractivity contribution in [1.29, 1.82) is 0 Å². The maximum atomic E-state index is 9.30. The molecule has 1 N–H and O–H groups in total. The molecule has 2 aliphatic rings. The van der Waals surface area contributed by atoms with Gasteiger partial charge in [-0.2, -0.15) is 0 Å². The minimum atomic E-state index is -0.0176. The van der Waals surface area contributed by atoms with E-state index in [-0.39, 0.29) is 6.61 Å². The monoisotopic (exact) mass is 266 g/mol. The van der Waals surface area contributed by atoms with Crippen molar-refractivity contribution in [2.75, 3.05) is 11.4 Å². The number of nitrogens with zero attached hydrogens (tertiary/aromatic N) is 2. The van der Waals surface area contributed by atoms with Crippen LogP contribution in [0.3, 0.4) is 0 Å². The van der Waals surface area contributed by atoms with Crippen molar-refractivity contribution < 1.29 is 5.11 Å². The molecule has 3 nitrogen and oxygen atoms in total. The van der Waals surface area contributed by atoms with Gasteiger partial charge < -0.3 is 10.0 Å². The number of aliphatic hydroxyl groups excluding tert-OH is 1. The van der Waals surface area contributed by atoms with Crippen LogP contribution in [0, 0.1) is 5.92 Å². The van der Waals surface area contributed by atoms with Crippen LogP contribution < -0.4 is 4.90 Å². The van der Waals surface area contributed by atoms with Crippen LogP contribution in [0.4, 0.5) is 5.82 Å². The minimum Gasteiger partial charge on any atom is -0.392 e. The summed E-state index contributed by atoms with van der Waals surface area (Å²) in [5.74, 6) is 1.83. The first kappa shape index (κ1) is 12.2. The van der Waals surface area contributed by atoms with Crippen LogP contribution in [0.5, 0.6) is 0 Å². The van der Waals surface area contributed by atoms with Crippen LogP contribution in [0.1, 0.15) is 37.7 Å². The zero-order valence-corrected chi connectivity index (χ0v) is 11.2. The van der Waals surface area contributed by atoms with Crippen molar-refractivity contribution in [3.63, 3.8) is 0 Å². The van der Waals surface area contributed by atoms with Gasteiger partial charge in [-0.1, -0.05) is 18.0 Å². The van der Waals surface area contributed by atoms with Crippen molar-refractivity contribution in [2.24, 2.45) is 5.92 Å². The Labute approximate surface area is 113 Å². The highest BCUT2D eigenvalue weighted by atomic mass is 35.5. The van der Waals surface area contributed by atoms with Crippen molar-refractivity contribution in [3.8, 4) is 0 Å². The lowest BCUT2D eigenvalue weighted by atomic mass is 9.92. The first-order valence-electron chi connectivity index (χ1n) is 6.81. The molecule has 0 radical (unpaired) electrons. The summed E-state index contributed by atoms with van der Waals surface area (Å²) in [5, 5.41) is 9.85. The zero-order chi connectivity index (χ0) is 12.5. The summed E-state index contributed by atoms with van der Waals surface area (Å²) in [6.45, 7) is 1.07. The van der Waals surface area contributed by atoms with Crippen LogP contribution in [0.2, 0.25) is 5.02 Å². The second-order valence-corrected chi connectivity index (χ2v) is 5.79. The summed E-state index contributed by atoms with van der Waals surface area (Å²) in [6.07, 6.45) is 8.26. The molecule has 1 saturated heterocycles. The van der Waals surface area contributed by atoms with Crippen LogP contribution >= 0.6 is 11.6 Å². The summed E-state index contributed by atoms with van der Waals surface area (Å²) in [4.78, 5) is 6.88. The van der Waals surface area contributed by atoms with Gasteiger partial charge in [0.1, 0.15) is 5.82 Å². The van der Waals surface area contributed by atoms with Crippen LogP contribution in [0.15, 0.2) is 12.3 Å². The van der Waals surface area contributed by atoms with E-state index in [2.05, 4.69) is 9.88 Å². The molecule has 1 aliphatic heterocycles. The lowest BCUT2D eigenvalue weighted by Gasteiger charge is -2.38.